The Morgan fingerprint density at radius 1 is 1.46 bits per heavy atom. The van der Waals surface area contributed by atoms with Gasteiger partial charge in [0.25, 0.3) is 0 Å². The Bertz CT molecular complexity index is 306. The fraction of sp³-hybridized carbons (Fsp3) is 0.333. The van der Waals surface area contributed by atoms with Crippen molar-refractivity contribution in [1.29, 1.82) is 0 Å². The quantitative estimate of drug-likeness (QED) is 0.694. The van der Waals surface area contributed by atoms with Crippen molar-refractivity contribution in [3.05, 3.63) is 29.6 Å². The molecule has 4 heteroatoms. The van der Waals surface area contributed by atoms with E-state index in [-0.39, 0.29) is 24.3 Å². The van der Waals surface area contributed by atoms with Gasteiger partial charge < -0.3 is 10.5 Å². The monoisotopic (exact) mass is 203 g/mol. The molecule has 1 aliphatic heterocycles. The summed E-state index contributed by atoms with van der Waals surface area (Å²) in [6, 6.07) is 4.92. The van der Waals surface area contributed by atoms with Gasteiger partial charge in [-0.25, -0.2) is 4.39 Å². The Balaban J connectivity index is 0.000000845. The standard InChI is InChI=1S/C9H10FNO.ClH/c10-8-3-1-2-6-4-7(11)5-12-9(6)8;/h1-3,7H,4-5,11H2;1H. The Kier molecular flexibility index (Phi) is 3.12. The zero-order valence-electron chi connectivity index (χ0n) is 7.00. The second kappa shape index (κ2) is 3.94. The zero-order valence-corrected chi connectivity index (χ0v) is 7.81. The first-order valence-electron chi connectivity index (χ1n) is 3.93. The molecule has 0 aliphatic carbocycles. The first-order chi connectivity index (χ1) is 5.77. The molecule has 1 atom stereocenters. The van der Waals surface area contributed by atoms with Crippen LogP contribution in [-0.2, 0) is 6.42 Å². The maximum atomic E-state index is 13.0. The second-order valence-electron chi connectivity index (χ2n) is 3.00. The van der Waals surface area contributed by atoms with Gasteiger partial charge >= 0.3 is 0 Å². The normalized spacial score (nSPS) is 19.7. The maximum absolute atomic E-state index is 13.0. The molecule has 0 saturated heterocycles. The van der Waals surface area contributed by atoms with Crippen LogP contribution < -0.4 is 10.5 Å². The third-order valence-corrected chi connectivity index (χ3v) is 1.97. The summed E-state index contributed by atoms with van der Waals surface area (Å²) in [5.74, 6) is 0.0820. The van der Waals surface area contributed by atoms with Crippen molar-refractivity contribution >= 4 is 12.4 Å². The predicted molar refractivity (Wildman–Crippen MR) is 50.8 cm³/mol. The minimum absolute atomic E-state index is 0. The number of para-hydroxylation sites is 1. The van der Waals surface area contributed by atoms with E-state index >= 15 is 0 Å². The Hall–Kier alpha value is -0.800. The minimum Gasteiger partial charge on any atom is -0.489 e. The van der Waals surface area contributed by atoms with E-state index in [0.29, 0.717) is 18.8 Å². The lowest BCUT2D eigenvalue weighted by Crippen LogP contribution is -2.34. The van der Waals surface area contributed by atoms with Crippen molar-refractivity contribution in [2.24, 2.45) is 5.73 Å². The summed E-state index contributed by atoms with van der Waals surface area (Å²) < 4.78 is 18.2. The van der Waals surface area contributed by atoms with Crippen molar-refractivity contribution in [3.63, 3.8) is 0 Å². The molecule has 13 heavy (non-hydrogen) atoms. The molecule has 2 N–H and O–H groups in total. The van der Waals surface area contributed by atoms with Crippen LogP contribution in [0.15, 0.2) is 18.2 Å². The van der Waals surface area contributed by atoms with Crippen molar-refractivity contribution in [2.45, 2.75) is 12.5 Å². The predicted octanol–water partition coefficient (Wildman–Crippen LogP) is 1.51. The third-order valence-electron chi connectivity index (χ3n) is 1.97. The van der Waals surface area contributed by atoms with E-state index in [9.17, 15) is 4.39 Å². The number of halogens is 2. The highest BCUT2D eigenvalue weighted by atomic mass is 35.5. The summed E-state index contributed by atoms with van der Waals surface area (Å²) in [5.41, 5.74) is 6.52. The molecule has 0 amide bonds. The van der Waals surface area contributed by atoms with Crippen LogP contribution >= 0.6 is 12.4 Å². The van der Waals surface area contributed by atoms with Gasteiger partial charge in [0, 0.05) is 6.04 Å². The van der Waals surface area contributed by atoms with Crippen LogP contribution in [0.5, 0.6) is 5.75 Å². The Morgan fingerprint density at radius 2 is 2.23 bits per heavy atom. The number of hydrogen-bond donors (Lipinski definition) is 1. The fourth-order valence-corrected chi connectivity index (χ4v) is 1.41. The molecule has 1 aromatic carbocycles. The van der Waals surface area contributed by atoms with Gasteiger partial charge in [0.2, 0.25) is 0 Å². The van der Waals surface area contributed by atoms with Gasteiger partial charge in [-0.3, -0.25) is 0 Å². The van der Waals surface area contributed by atoms with Crippen molar-refractivity contribution in [3.8, 4) is 5.75 Å². The Morgan fingerprint density at radius 3 is 3.00 bits per heavy atom. The van der Waals surface area contributed by atoms with Crippen LogP contribution in [0.1, 0.15) is 5.56 Å². The lowest BCUT2D eigenvalue weighted by molar-refractivity contribution is 0.251. The highest BCUT2D eigenvalue weighted by Gasteiger charge is 2.18. The fourth-order valence-electron chi connectivity index (χ4n) is 1.41. The van der Waals surface area contributed by atoms with E-state index in [1.54, 1.807) is 6.07 Å². The largest absolute Gasteiger partial charge is 0.489 e. The summed E-state index contributed by atoms with van der Waals surface area (Å²) in [7, 11) is 0. The van der Waals surface area contributed by atoms with Crippen molar-refractivity contribution < 1.29 is 9.13 Å². The van der Waals surface area contributed by atoms with Gasteiger partial charge in [-0.1, -0.05) is 12.1 Å². The first-order valence-corrected chi connectivity index (χ1v) is 3.93. The lowest BCUT2D eigenvalue weighted by Gasteiger charge is -2.22. The van der Waals surface area contributed by atoms with Crippen LogP contribution in [0, 0.1) is 5.82 Å². The molecule has 2 nitrogen and oxygen atoms in total. The smallest absolute Gasteiger partial charge is 0.165 e. The van der Waals surface area contributed by atoms with E-state index in [2.05, 4.69) is 0 Å². The average molecular weight is 204 g/mol. The maximum Gasteiger partial charge on any atom is 0.165 e. The van der Waals surface area contributed by atoms with E-state index in [4.69, 9.17) is 10.5 Å². The number of ether oxygens (including phenoxy) is 1. The molecular weight excluding hydrogens is 193 g/mol. The van der Waals surface area contributed by atoms with Gasteiger partial charge in [0.05, 0.1) is 0 Å². The summed E-state index contributed by atoms with van der Waals surface area (Å²) in [6.45, 7) is 0.411. The topological polar surface area (TPSA) is 35.2 Å². The lowest BCUT2D eigenvalue weighted by atomic mass is 10.0. The molecule has 1 aromatic rings. The molecule has 1 unspecified atom stereocenters. The molecule has 0 fully saturated rings. The van der Waals surface area contributed by atoms with E-state index in [1.807, 2.05) is 6.07 Å². The zero-order chi connectivity index (χ0) is 8.55. The SMILES string of the molecule is Cl.NC1COc2c(F)cccc2C1. The van der Waals surface area contributed by atoms with Crippen molar-refractivity contribution in [1.82, 2.24) is 0 Å². The van der Waals surface area contributed by atoms with Crippen LogP contribution in [0.25, 0.3) is 0 Å². The summed E-state index contributed by atoms with van der Waals surface area (Å²) in [5, 5.41) is 0. The van der Waals surface area contributed by atoms with E-state index < -0.39 is 0 Å². The summed E-state index contributed by atoms with van der Waals surface area (Å²) in [4.78, 5) is 0. The van der Waals surface area contributed by atoms with Gasteiger partial charge in [-0.2, -0.15) is 0 Å². The van der Waals surface area contributed by atoms with Gasteiger partial charge in [0.15, 0.2) is 11.6 Å². The number of nitrogens with two attached hydrogens (primary N) is 1. The van der Waals surface area contributed by atoms with E-state index in [0.717, 1.165) is 5.56 Å². The third kappa shape index (κ3) is 1.92. The van der Waals surface area contributed by atoms with Crippen molar-refractivity contribution in [2.75, 3.05) is 6.61 Å². The molecular formula is C9H11ClFNO. The number of benzene rings is 1. The highest BCUT2D eigenvalue weighted by molar-refractivity contribution is 5.85. The molecule has 0 radical (unpaired) electrons. The molecule has 1 aliphatic rings. The molecule has 2 rings (SSSR count). The highest BCUT2D eigenvalue weighted by Crippen LogP contribution is 2.26. The van der Waals surface area contributed by atoms with Crippen LogP contribution in [0.4, 0.5) is 4.39 Å². The van der Waals surface area contributed by atoms with Crippen LogP contribution in [0.2, 0.25) is 0 Å². The molecule has 1 heterocycles. The summed E-state index contributed by atoms with van der Waals surface area (Å²) in [6.07, 6.45) is 0.701. The minimum atomic E-state index is -0.292. The number of hydrogen-bond acceptors (Lipinski definition) is 2. The first kappa shape index (κ1) is 10.3. The van der Waals surface area contributed by atoms with Gasteiger partial charge in [0.1, 0.15) is 6.61 Å². The summed E-state index contributed by atoms with van der Waals surface area (Å²) >= 11 is 0. The average Bonchev–Trinajstić information content (AvgIpc) is 2.04. The number of rotatable bonds is 0. The molecule has 0 spiro atoms. The van der Waals surface area contributed by atoms with Crippen LogP contribution in [-0.4, -0.2) is 12.6 Å². The van der Waals surface area contributed by atoms with Crippen LogP contribution in [0.3, 0.4) is 0 Å². The number of fused-ring (bicyclic) bond motifs is 1. The second-order valence-corrected chi connectivity index (χ2v) is 3.00. The molecule has 0 aromatic heterocycles. The van der Waals surface area contributed by atoms with E-state index in [1.165, 1.54) is 6.07 Å². The molecule has 0 bridgehead atoms. The van der Waals surface area contributed by atoms with Gasteiger partial charge in [-0.05, 0) is 18.1 Å². The molecule has 72 valence electrons. The van der Waals surface area contributed by atoms with Gasteiger partial charge in [-0.15, -0.1) is 12.4 Å². The molecule has 0 saturated carbocycles. The Labute approximate surface area is 82.3 Å².